The average Bonchev–Trinajstić information content (AvgIpc) is 3.65. The van der Waals surface area contributed by atoms with E-state index in [1.165, 1.54) is 24.3 Å². The summed E-state index contributed by atoms with van der Waals surface area (Å²) in [4.78, 5) is 92.8. The van der Waals surface area contributed by atoms with Gasteiger partial charge < -0.3 is 105 Å². The van der Waals surface area contributed by atoms with E-state index in [1.54, 1.807) is 6.07 Å². The first-order chi connectivity index (χ1) is 39.2. The third-order valence-electron chi connectivity index (χ3n) is 11.1. The maximum Gasteiger partial charge on any atom is 0.343 e. The minimum Gasteiger partial charge on any atom is -0.504 e. The van der Waals surface area contributed by atoms with Gasteiger partial charge in [-0.1, -0.05) is 18.2 Å². The van der Waals surface area contributed by atoms with Crippen molar-refractivity contribution in [2.45, 2.75) is 0 Å². The molecule has 0 aliphatic heterocycles. The van der Waals surface area contributed by atoms with Crippen LogP contribution < -0.4 is 33.2 Å². The zero-order valence-electron chi connectivity index (χ0n) is 41.0. The van der Waals surface area contributed by atoms with E-state index in [0.717, 1.165) is 18.2 Å². The van der Waals surface area contributed by atoms with Gasteiger partial charge >= 0.3 is 41.8 Å². The van der Waals surface area contributed by atoms with Crippen LogP contribution >= 0.6 is 0 Å². The average molecular weight is 1140 g/mol. The molecule has 14 N–H and O–H groups in total. The zero-order chi connectivity index (χ0) is 60.3. The fourth-order valence-corrected chi connectivity index (χ4v) is 7.03. The van der Waals surface area contributed by atoms with Crippen molar-refractivity contribution in [2.75, 3.05) is 0 Å². The summed E-state index contributed by atoms with van der Waals surface area (Å²) in [5.74, 6) is -29.6. The summed E-state index contributed by atoms with van der Waals surface area (Å²) in [6, 6.07) is 17.9. The van der Waals surface area contributed by atoms with Crippen molar-refractivity contribution in [1.29, 1.82) is 0 Å². The Morgan fingerprint density at radius 3 is 0.651 bits per heavy atom. The van der Waals surface area contributed by atoms with Gasteiger partial charge in [0.2, 0.25) is 23.0 Å². The highest BCUT2D eigenvalue weighted by molar-refractivity contribution is 5.99. The molecule has 0 amide bonds. The van der Waals surface area contributed by atoms with Gasteiger partial charge in [-0.3, -0.25) is 0 Å². The molecule has 0 aromatic heterocycles. The van der Waals surface area contributed by atoms with Crippen LogP contribution in [0.2, 0.25) is 0 Å². The Labute approximate surface area is 459 Å². The van der Waals surface area contributed by atoms with E-state index in [-0.39, 0.29) is 5.56 Å². The summed E-state index contributed by atoms with van der Waals surface area (Å²) >= 11 is 0. The van der Waals surface area contributed by atoms with Crippen molar-refractivity contribution in [1.82, 2.24) is 0 Å². The van der Waals surface area contributed by atoms with Gasteiger partial charge in [0.15, 0.2) is 80.5 Å². The number of phenolic OH excluding ortho intramolecular Hbond substituents is 14. The van der Waals surface area contributed by atoms with Crippen molar-refractivity contribution in [3.8, 4) is 121 Å². The first-order valence-electron chi connectivity index (χ1n) is 22.7. The highest BCUT2D eigenvalue weighted by Crippen LogP contribution is 2.44. The summed E-state index contributed by atoms with van der Waals surface area (Å²) in [5, 5.41) is 142. The summed E-state index contributed by atoms with van der Waals surface area (Å²) in [6.45, 7) is 0. The second-order valence-electron chi connectivity index (χ2n) is 16.8. The quantitative estimate of drug-likeness (QED) is 0.0332. The molecule has 0 heterocycles. The van der Waals surface area contributed by atoms with Crippen LogP contribution in [0.1, 0.15) is 72.5 Å². The van der Waals surface area contributed by atoms with Crippen LogP contribution in [0.4, 0.5) is 0 Å². The molecule has 0 saturated carbocycles. The highest BCUT2D eigenvalue weighted by Gasteiger charge is 2.28. The fraction of sp³-hybridized carbons (Fsp3) is 0. The molecule has 0 saturated heterocycles. The number of hydrogen-bond donors (Lipinski definition) is 14. The molecule has 0 bridgehead atoms. The summed E-state index contributed by atoms with van der Waals surface area (Å²) < 4.78 is 36.6. The SMILES string of the molecule is O=C(Oc1cc(OC(=O)c2cc(O)c(O)c(OC(=O)c3cc(O)c(O)c(OC(=O)c4cc(O)c(O)c(O)c4)c3)c2)cc(OC(=O)c2cc(O)c(O)c(OC(=O)c3cc(O)c(O)c(OC(=O)c4cc(O)c(O)c(O)c4)c3)c2)c1)c1ccccc1. The van der Waals surface area contributed by atoms with Crippen molar-refractivity contribution in [2.24, 2.45) is 0 Å². The van der Waals surface area contributed by atoms with Gasteiger partial charge in [0, 0.05) is 18.2 Å². The Kier molecular flexibility index (Phi) is 15.4. The Balaban J connectivity index is 1.03. The maximum atomic E-state index is 13.7. The van der Waals surface area contributed by atoms with Crippen LogP contribution in [-0.2, 0) is 0 Å². The number of aromatic hydroxyl groups is 14. The number of carbonyl (C=O) groups excluding carboxylic acids is 7. The molecule has 0 spiro atoms. The van der Waals surface area contributed by atoms with Crippen molar-refractivity contribution in [3.63, 3.8) is 0 Å². The van der Waals surface area contributed by atoms with Crippen LogP contribution in [-0.4, -0.2) is 113 Å². The lowest BCUT2D eigenvalue weighted by Gasteiger charge is -2.14. The van der Waals surface area contributed by atoms with Crippen LogP contribution in [0.5, 0.6) is 121 Å². The van der Waals surface area contributed by atoms with E-state index < -0.39 is 196 Å². The lowest BCUT2D eigenvalue weighted by Crippen LogP contribution is -2.14. The molecule has 0 radical (unpaired) electrons. The summed E-state index contributed by atoms with van der Waals surface area (Å²) in [7, 11) is 0. The second kappa shape index (κ2) is 22.7. The lowest BCUT2D eigenvalue weighted by atomic mass is 10.1. The Morgan fingerprint density at radius 2 is 0.410 bits per heavy atom. The standard InChI is InChI=1S/C55H34O28/c56-31-6-22(7-32(57)43(31)64)52(73)80-41-16-26(12-37(62)47(41)68)54(75)82-39-14-24(10-35(60)45(39)66)50(71)78-29-18-28(77-49(70)21-4-2-1-3-5-21)19-30(20-29)79-51(72)25-11-36(61)46(67)40(15-25)83-55(76)27-13-38(63)48(69)42(17-27)81-53(74)23-8-33(58)44(65)34(59)9-23/h1-20,56-69H. The zero-order valence-corrected chi connectivity index (χ0v) is 41.0. The van der Waals surface area contributed by atoms with E-state index >= 15 is 0 Å². The van der Waals surface area contributed by atoms with Gasteiger partial charge in [-0.25, -0.2) is 33.6 Å². The highest BCUT2D eigenvalue weighted by atomic mass is 16.6. The van der Waals surface area contributed by atoms with E-state index in [2.05, 4.69) is 0 Å². The monoisotopic (exact) mass is 1140 g/mol. The van der Waals surface area contributed by atoms with E-state index in [0.29, 0.717) is 72.8 Å². The molecular weight excluding hydrogens is 1110 g/mol. The number of carbonyl (C=O) groups is 7. The molecule has 0 aliphatic carbocycles. The summed E-state index contributed by atoms with van der Waals surface area (Å²) in [5.41, 5.74) is -3.95. The Morgan fingerprint density at radius 1 is 0.217 bits per heavy atom. The Bertz CT molecular complexity index is 3760. The van der Waals surface area contributed by atoms with Crippen LogP contribution in [0.3, 0.4) is 0 Å². The molecule has 8 aromatic carbocycles. The third kappa shape index (κ3) is 12.3. The van der Waals surface area contributed by atoms with E-state index in [4.69, 9.17) is 33.2 Å². The first kappa shape index (κ1) is 56.5. The predicted octanol–water partition coefficient (Wildman–Crippen LogP) is 6.10. The van der Waals surface area contributed by atoms with E-state index in [1.807, 2.05) is 0 Å². The van der Waals surface area contributed by atoms with E-state index in [9.17, 15) is 105 Å². The molecule has 0 aliphatic rings. The first-order valence-corrected chi connectivity index (χ1v) is 22.7. The van der Waals surface area contributed by atoms with Crippen molar-refractivity contribution in [3.05, 3.63) is 160 Å². The van der Waals surface area contributed by atoms with Crippen LogP contribution in [0.15, 0.2) is 121 Å². The Hall–Kier alpha value is -12.8. The van der Waals surface area contributed by atoms with Gasteiger partial charge in [-0.2, -0.15) is 0 Å². The normalized spacial score (nSPS) is 10.7. The topological polar surface area (TPSA) is 467 Å². The number of ether oxygens (including phenoxy) is 7. The molecule has 8 aromatic rings. The molecule has 422 valence electrons. The molecule has 28 heteroatoms. The largest absolute Gasteiger partial charge is 0.504 e. The van der Waals surface area contributed by atoms with Crippen LogP contribution in [0.25, 0.3) is 0 Å². The number of esters is 7. The lowest BCUT2D eigenvalue weighted by molar-refractivity contribution is 0.0700. The number of rotatable bonds is 14. The molecule has 28 nitrogen and oxygen atoms in total. The fourth-order valence-electron chi connectivity index (χ4n) is 7.03. The second-order valence-corrected chi connectivity index (χ2v) is 16.8. The van der Waals surface area contributed by atoms with Crippen molar-refractivity contribution >= 4 is 41.8 Å². The molecule has 0 atom stereocenters. The number of benzene rings is 8. The molecule has 8 rings (SSSR count). The van der Waals surface area contributed by atoms with Gasteiger partial charge in [0.05, 0.1) is 38.9 Å². The number of hydrogen-bond acceptors (Lipinski definition) is 28. The molecule has 0 unspecified atom stereocenters. The van der Waals surface area contributed by atoms with Gasteiger partial charge in [0.25, 0.3) is 0 Å². The molecule has 83 heavy (non-hydrogen) atoms. The van der Waals surface area contributed by atoms with Crippen LogP contribution in [0, 0.1) is 0 Å². The molecule has 0 fully saturated rings. The number of phenols is 14. The third-order valence-corrected chi connectivity index (χ3v) is 11.1. The smallest absolute Gasteiger partial charge is 0.343 e. The molecular formula is C55H34O28. The minimum atomic E-state index is -1.50. The van der Waals surface area contributed by atoms with Gasteiger partial charge in [-0.05, 0) is 84.9 Å². The van der Waals surface area contributed by atoms with Gasteiger partial charge in [-0.15, -0.1) is 0 Å². The van der Waals surface area contributed by atoms with Crippen molar-refractivity contribution < 1.29 is 138 Å². The maximum absolute atomic E-state index is 13.7. The summed E-state index contributed by atoms with van der Waals surface area (Å²) in [6.07, 6.45) is 0. The minimum absolute atomic E-state index is 0.00370. The predicted molar refractivity (Wildman–Crippen MR) is 270 cm³/mol. The van der Waals surface area contributed by atoms with Gasteiger partial charge in [0.1, 0.15) is 17.2 Å².